The normalized spacial score (nSPS) is 25.3. The van der Waals surface area contributed by atoms with Gasteiger partial charge in [0.2, 0.25) is 0 Å². The van der Waals surface area contributed by atoms with Crippen LogP contribution in [0.1, 0.15) is 47.5 Å². The first-order valence-corrected chi connectivity index (χ1v) is 7.99. The van der Waals surface area contributed by atoms with Crippen LogP contribution in [0.15, 0.2) is 0 Å². The van der Waals surface area contributed by atoms with E-state index in [-0.39, 0.29) is 5.54 Å². The Morgan fingerprint density at radius 3 is 2.53 bits per heavy atom. The fraction of sp³-hybridized carbons (Fsp3) is 1.00. The average Bonchev–Trinajstić information content (AvgIpc) is 2.48. The summed E-state index contributed by atoms with van der Waals surface area (Å²) >= 11 is 0. The highest BCUT2D eigenvalue weighted by Crippen LogP contribution is 2.14. The highest BCUT2D eigenvalue weighted by molar-refractivity contribution is 4.80. The van der Waals surface area contributed by atoms with Gasteiger partial charge in [0.05, 0.1) is 0 Å². The molecule has 1 aliphatic heterocycles. The molecule has 1 aliphatic rings. The summed E-state index contributed by atoms with van der Waals surface area (Å²) < 4.78 is 0. The van der Waals surface area contributed by atoms with Crippen LogP contribution in [-0.2, 0) is 0 Å². The van der Waals surface area contributed by atoms with Crippen molar-refractivity contribution >= 4 is 0 Å². The second-order valence-electron chi connectivity index (χ2n) is 7.41. The zero-order valence-corrected chi connectivity index (χ0v) is 14.0. The van der Waals surface area contributed by atoms with E-state index in [1.807, 2.05) is 0 Å². The van der Waals surface area contributed by atoms with Crippen molar-refractivity contribution in [2.75, 3.05) is 39.8 Å². The Morgan fingerprint density at radius 2 is 1.95 bits per heavy atom. The maximum Gasteiger partial charge on any atom is 0.0220 e. The molecule has 0 saturated carbocycles. The Labute approximate surface area is 120 Å². The van der Waals surface area contributed by atoms with Crippen LogP contribution in [0, 0.1) is 5.92 Å². The summed E-state index contributed by atoms with van der Waals surface area (Å²) in [4.78, 5) is 5.21. The van der Waals surface area contributed by atoms with Gasteiger partial charge in [0.25, 0.3) is 0 Å². The molecular weight excluding hydrogens is 234 g/mol. The first-order valence-electron chi connectivity index (χ1n) is 7.99. The molecule has 0 radical (unpaired) electrons. The lowest BCUT2D eigenvalue weighted by molar-refractivity contribution is 0.158. The van der Waals surface area contributed by atoms with Crippen LogP contribution in [0.3, 0.4) is 0 Å². The van der Waals surface area contributed by atoms with E-state index in [1.54, 1.807) is 0 Å². The second kappa shape index (κ2) is 7.61. The van der Waals surface area contributed by atoms with Gasteiger partial charge < -0.3 is 10.2 Å². The topological polar surface area (TPSA) is 18.5 Å². The van der Waals surface area contributed by atoms with E-state index in [1.165, 1.54) is 39.0 Å². The first-order chi connectivity index (χ1) is 8.81. The molecule has 0 amide bonds. The Balaban J connectivity index is 2.44. The Bertz CT molecular complexity index is 247. The van der Waals surface area contributed by atoms with E-state index in [0.29, 0.717) is 0 Å². The Hall–Kier alpha value is -0.120. The van der Waals surface area contributed by atoms with Gasteiger partial charge in [-0.15, -0.1) is 0 Å². The van der Waals surface area contributed by atoms with Gasteiger partial charge in [0.15, 0.2) is 0 Å². The van der Waals surface area contributed by atoms with Crippen molar-refractivity contribution in [3.63, 3.8) is 0 Å². The number of hydrogen-bond donors (Lipinski definition) is 1. The smallest absolute Gasteiger partial charge is 0.0220 e. The van der Waals surface area contributed by atoms with Crippen molar-refractivity contribution in [2.45, 2.75) is 59.0 Å². The largest absolute Gasteiger partial charge is 0.312 e. The molecule has 1 N–H and O–H groups in total. The number of hydrogen-bond acceptors (Lipinski definition) is 3. The molecular formula is C16H35N3. The molecule has 0 aromatic heterocycles. The van der Waals surface area contributed by atoms with Gasteiger partial charge in [-0.05, 0) is 66.2 Å². The van der Waals surface area contributed by atoms with Crippen LogP contribution in [0.5, 0.6) is 0 Å². The Kier molecular flexibility index (Phi) is 6.78. The maximum atomic E-state index is 3.63. The van der Waals surface area contributed by atoms with E-state index in [2.05, 4.69) is 56.8 Å². The lowest BCUT2D eigenvalue weighted by atomic mass is 10.1. The standard InChI is InChI=1S/C16H35N3/c1-7-15-13-18(6)9-8-10-19(15)12-14(2)11-17-16(3,4)5/h14-15,17H,7-13H2,1-6H3. The summed E-state index contributed by atoms with van der Waals surface area (Å²) in [6.07, 6.45) is 2.58. The van der Waals surface area contributed by atoms with Crippen LogP contribution in [0.2, 0.25) is 0 Å². The molecule has 0 spiro atoms. The second-order valence-corrected chi connectivity index (χ2v) is 7.41. The van der Waals surface area contributed by atoms with E-state index < -0.39 is 0 Å². The fourth-order valence-electron chi connectivity index (χ4n) is 2.87. The predicted molar refractivity (Wildman–Crippen MR) is 84.7 cm³/mol. The molecule has 19 heavy (non-hydrogen) atoms. The van der Waals surface area contributed by atoms with E-state index in [4.69, 9.17) is 0 Å². The molecule has 2 atom stereocenters. The Morgan fingerprint density at radius 1 is 1.26 bits per heavy atom. The van der Waals surface area contributed by atoms with Gasteiger partial charge in [-0.1, -0.05) is 13.8 Å². The summed E-state index contributed by atoms with van der Waals surface area (Å²) in [6.45, 7) is 17.5. The molecule has 0 aliphatic carbocycles. The van der Waals surface area contributed by atoms with Gasteiger partial charge in [-0.2, -0.15) is 0 Å². The quantitative estimate of drug-likeness (QED) is 0.827. The van der Waals surface area contributed by atoms with Crippen molar-refractivity contribution in [1.29, 1.82) is 0 Å². The third kappa shape index (κ3) is 6.73. The number of nitrogens with one attached hydrogen (secondary N) is 1. The van der Waals surface area contributed by atoms with Gasteiger partial charge in [0.1, 0.15) is 0 Å². The van der Waals surface area contributed by atoms with Crippen molar-refractivity contribution in [1.82, 2.24) is 15.1 Å². The zero-order chi connectivity index (χ0) is 14.5. The summed E-state index contributed by atoms with van der Waals surface area (Å²) in [5, 5.41) is 3.63. The molecule has 2 unspecified atom stereocenters. The average molecular weight is 269 g/mol. The minimum absolute atomic E-state index is 0.234. The van der Waals surface area contributed by atoms with Crippen LogP contribution >= 0.6 is 0 Å². The van der Waals surface area contributed by atoms with Gasteiger partial charge in [0, 0.05) is 24.7 Å². The highest BCUT2D eigenvalue weighted by Gasteiger charge is 2.23. The van der Waals surface area contributed by atoms with Crippen molar-refractivity contribution in [3.05, 3.63) is 0 Å². The monoisotopic (exact) mass is 269 g/mol. The minimum atomic E-state index is 0.234. The summed E-state index contributed by atoms with van der Waals surface area (Å²) in [5.74, 6) is 0.719. The fourth-order valence-corrected chi connectivity index (χ4v) is 2.87. The van der Waals surface area contributed by atoms with Crippen molar-refractivity contribution < 1.29 is 0 Å². The molecule has 1 saturated heterocycles. The molecule has 3 heteroatoms. The number of nitrogens with zero attached hydrogens (tertiary/aromatic N) is 2. The SMILES string of the molecule is CCC1CN(C)CCCN1CC(C)CNC(C)(C)C. The molecule has 1 fully saturated rings. The molecule has 0 aromatic rings. The summed E-state index contributed by atoms with van der Waals surface area (Å²) in [5.41, 5.74) is 0.234. The molecule has 0 aromatic carbocycles. The molecule has 3 nitrogen and oxygen atoms in total. The minimum Gasteiger partial charge on any atom is -0.312 e. The van der Waals surface area contributed by atoms with Crippen molar-refractivity contribution in [3.8, 4) is 0 Å². The summed E-state index contributed by atoms with van der Waals surface area (Å²) in [7, 11) is 2.26. The van der Waals surface area contributed by atoms with E-state index in [9.17, 15) is 0 Å². The van der Waals surface area contributed by atoms with Gasteiger partial charge >= 0.3 is 0 Å². The molecule has 114 valence electrons. The van der Waals surface area contributed by atoms with Gasteiger partial charge in [-0.25, -0.2) is 0 Å². The third-order valence-corrected chi connectivity index (χ3v) is 4.02. The molecule has 1 heterocycles. The van der Waals surface area contributed by atoms with E-state index >= 15 is 0 Å². The number of likely N-dealkylation sites (N-methyl/N-ethyl adjacent to an activating group) is 1. The lowest BCUT2D eigenvalue weighted by Crippen LogP contribution is -2.45. The predicted octanol–water partition coefficient (Wildman–Crippen LogP) is 2.43. The molecule has 0 bridgehead atoms. The van der Waals surface area contributed by atoms with Crippen LogP contribution in [0.25, 0.3) is 0 Å². The maximum absolute atomic E-state index is 3.63. The van der Waals surface area contributed by atoms with Crippen LogP contribution in [0.4, 0.5) is 0 Å². The zero-order valence-electron chi connectivity index (χ0n) is 14.0. The van der Waals surface area contributed by atoms with Crippen molar-refractivity contribution in [2.24, 2.45) is 5.92 Å². The summed E-state index contributed by atoms with van der Waals surface area (Å²) in [6, 6.07) is 0.740. The highest BCUT2D eigenvalue weighted by atomic mass is 15.2. The lowest BCUT2D eigenvalue weighted by Gasteiger charge is -2.33. The first kappa shape index (κ1) is 16.9. The van der Waals surface area contributed by atoms with Crippen LogP contribution < -0.4 is 5.32 Å². The third-order valence-electron chi connectivity index (χ3n) is 4.02. The van der Waals surface area contributed by atoms with Crippen LogP contribution in [-0.4, -0.2) is 61.2 Å². The van der Waals surface area contributed by atoms with Gasteiger partial charge in [-0.3, -0.25) is 4.90 Å². The molecule has 1 rings (SSSR count). The number of rotatable bonds is 5. The van der Waals surface area contributed by atoms with E-state index in [0.717, 1.165) is 18.5 Å².